The molecule has 0 amide bonds. The molecule has 140 valence electrons. The third-order valence-electron chi connectivity index (χ3n) is 4.85. The summed E-state index contributed by atoms with van der Waals surface area (Å²) in [6, 6.07) is 7.42. The molecule has 1 aromatic carbocycles. The molecule has 0 fully saturated rings. The van der Waals surface area contributed by atoms with Gasteiger partial charge in [0.15, 0.2) is 0 Å². The number of rotatable bonds is 6. The standard InChI is InChI=1S/C23H26FN3/c1-5-7-23-25-12-10-21(26-23)18-11-13-27(17(4)14-18)22(6-2)19-9-8-16(3)20(24)15-19/h8-15,22H,4-7H2,1-3H3. The van der Waals surface area contributed by atoms with Crippen molar-refractivity contribution in [1.29, 1.82) is 0 Å². The summed E-state index contributed by atoms with van der Waals surface area (Å²) in [6.45, 7) is 10.2. The SMILES string of the molecule is C=C1C=C(c2ccnc(CCC)n2)C=CN1C(CC)c1ccc(C)c(F)c1. The smallest absolute Gasteiger partial charge is 0.128 e. The van der Waals surface area contributed by atoms with E-state index in [2.05, 4.69) is 35.3 Å². The monoisotopic (exact) mass is 363 g/mol. The minimum atomic E-state index is -0.168. The van der Waals surface area contributed by atoms with Crippen LogP contribution in [0.15, 0.2) is 61.1 Å². The summed E-state index contributed by atoms with van der Waals surface area (Å²) in [5.74, 6) is 0.692. The summed E-state index contributed by atoms with van der Waals surface area (Å²) in [5.41, 5.74) is 4.41. The molecule has 1 aromatic heterocycles. The Bertz CT molecular complexity index is 898. The van der Waals surface area contributed by atoms with Gasteiger partial charge in [0.2, 0.25) is 0 Å². The molecule has 4 heteroatoms. The van der Waals surface area contributed by atoms with E-state index in [0.29, 0.717) is 5.56 Å². The molecule has 2 aromatic rings. The van der Waals surface area contributed by atoms with Crippen molar-refractivity contribution in [3.05, 3.63) is 89.6 Å². The van der Waals surface area contributed by atoms with Gasteiger partial charge in [-0.05, 0) is 55.2 Å². The summed E-state index contributed by atoms with van der Waals surface area (Å²) >= 11 is 0. The maximum atomic E-state index is 14.0. The predicted octanol–water partition coefficient (Wildman–Crippen LogP) is 5.75. The van der Waals surface area contributed by atoms with Gasteiger partial charge < -0.3 is 4.90 Å². The Morgan fingerprint density at radius 1 is 1.22 bits per heavy atom. The lowest BCUT2D eigenvalue weighted by Crippen LogP contribution is -2.23. The fourth-order valence-corrected chi connectivity index (χ4v) is 3.34. The van der Waals surface area contributed by atoms with Crippen molar-refractivity contribution in [2.45, 2.75) is 46.1 Å². The van der Waals surface area contributed by atoms with Crippen molar-refractivity contribution < 1.29 is 4.39 Å². The molecule has 0 saturated carbocycles. The van der Waals surface area contributed by atoms with Gasteiger partial charge in [-0.25, -0.2) is 14.4 Å². The molecule has 1 unspecified atom stereocenters. The first-order chi connectivity index (χ1) is 13.0. The zero-order valence-corrected chi connectivity index (χ0v) is 16.2. The van der Waals surface area contributed by atoms with Crippen molar-refractivity contribution in [3.8, 4) is 0 Å². The van der Waals surface area contributed by atoms with Gasteiger partial charge in [-0.15, -0.1) is 0 Å². The molecule has 0 spiro atoms. The molecule has 2 heterocycles. The van der Waals surface area contributed by atoms with E-state index in [9.17, 15) is 4.39 Å². The van der Waals surface area contributed by atoms with Crippen LogP contribution in [-0.4, -0.2) is 14.9 Å². The van der Waals surface area contributed by atoms with Gasteiger partial charge in [-0.2, -0.15) is 0 Å². The number of allylic oxidation sites excluding steroid dienone is 3. The number of hydrogen-bond acceptors (Lipinski definition) is 3. The van der Waals surface area contributed by atoms with E-state index in [4.69, 9.17) is 0 Å². The highest BCUT2D eigenvalue weighted by atomic mass is 19.1. The van der Waals surface area contributed by atoms with Crippen LogP contribution in [0.1, 0.15) is 55.4 Å². The van der Waals surface area contributed by atoms with Crippen molar-refractivity contribution in [1.82, 2.24) is 14.9 Å². The van der Waals surface area contributed by atoms with Crippen LogP contribution in [-0.2, 0) is 6.42 Å². The molecule has 27 heavy (non-hydrogen) atoms. The summed E-state index contributed by atoms with van der Waals surface area (Å²) in [7, 11) is 0. The van der Waals surface area contributed by atoms with Gasteiger partial charge in [0.25, 0.3) is 0 Å². The number of aromatic nitrogens is 2. The van der Waals surface area contributed by atoms with Crippen molar-refractivity contribution >= 4 is 5.57 Å². The van der Waals surface area contributed by atoms with E-state index in [1.165, 1.54) is 0 Å². The zero-order chi connectivity index (χ0) is 19.4. The maximum Gasteiger partial charge on any atom is 0.128 e. The lowest BCUT2D eigenvalue weighted by atomic mass is 9.98. The first-order valence-electron chi connectivity index (χ1n) is 9.49. The average molecular weight is 363 g/mol. The Hall–Kier alpha value is -2.75. The van der Waals surface area contributed by atoms with E-state index < -0.39 is 0 Å². The lowest BCUT2D eigenvalue weighted by Gasteiger charge is -2.33. The molecule has 1 atom stereocenters. The molecule has 0 bridgehead atoms. The van der Waals surface area contributed by atoms with E-state index in [1.807, 2.05) is 36.6 Å². The molecule has 0 radical (unpaired) electrons. The van der Waals surface area contributed by atoms with Crippen molar-refractivity contribution in [2.75, 3.05) is 0 Å². The van der Waals surface area contributed by atoms with E-state index >= 15 is 0 Å². The lowest BCUT2D eigenvalue weighted by molar-refractivity contribution is 0.344. The summed E-state index contributed by atoms with van der Waals surface area (Å²) in [6.07, 6.45) is 10.6. The van der Waals surface area contributed by atoms with Crippen molar-refractivity contribution in [2.24, 2.45) is 0 Å². The van der Waals surface area contributed by atoms with Crippen LogP contribution in [0, 0.1) is 12.7 Å². The van der Waals surface area contributed by atoms with Gasteiger partial charge in [0, 0.05) is 30.1 Å². The number of halogens is 1. The molecule has 1 aliphatic heterocycles. The third kappa shape index (κ3) is 4.16. The number of benzene rings is 1. The van der Waals surface area contributed by atoms with Crippen LogP contribution < -0.4 is 0 Å². The van der Waals surface area contributed by atoms with E-state index in [1.54, 1.807) is 19.2 Å². The van der Waals surface area contributed by atoms with Crippen molar-refractivity contribution in [3.63, 3.8) is 0 Å². The molecule has 0 N–H and O–H groups in total. The second-order valence-corrected chi connectivity index (χ2v) is 6.85. The highest BCUT2D eigenvalue weighted by Crippen LogP contribution is 2.33. The first-order valence-corrected chi connectivity index (χ1v) is 9.49. The van der Waals surface area contributed by atoms with E-state index in [-0.39, 0.29) is 11.9 Å². The molecular weight excluding hydrogens is 337 g/mol. The zero-order valence-electron chi connectivity index (χ0n) is 16.2. The normalized spacial score (nSPS) is 15.0. The minimum Gasteiger partial charge on any atom is -0.341 e. The topological polar surface area (TPSA) is 29.0 Å². The number of aryl methyl sites for hydroxylation is 2. The average Bonchev–Trinajstić information content (AvgIpc) is 2.67. The Labute approximate surface area is 161 Å². The number of hydrogen-bond donors (Lipinski definition) is 0. The van der Waals surface area contributed by atoms with Gasteiger partial charge in [-0.3, -0.25) is 0 Å². The summed E-state index contributed by atoms with van der Waals surface area (Å²) in [4.78, 5) is 11.1. The fourth-order valence-electron chi connectivity index (χ4n) is 3.34. The van der Waals surface area contributed by atoms with Crippen LogP contribution >= 0.6 is 0 Å². The van der Waals surface area contributed by atoms with Crippen LogP contribution in [0.2, 0.25) is 0 Å². The Kier molecular flexibility index (Phi) is 5.84. The first kappa shape index (κ1) is 19.0. The predicted molar refractivity (Wildman–Crippen MR) is 108 cm³/mol. The van der Waals surface area contributed by atoms with Gasteiger partial charge in [0.05, 0.1) is 11.7 Å². The maximum absolute atomic E-state index is 14.0. The second-order valence-electron chi connectivity index (χ2n) is 6.85. The summed E-state index contributed by atoms with van der Waals surface area (Å²) < 4.78 is 14.0. The van der Waals surface area contributed by atoms with Gasteiger partial charge in [-0.1, -0.05) is 32.6 Å². The van der Waals surface area contributed by atoms with E-state index in [0.717, 1.165) is 47.6 Å². The molecule has 3 nitrogen and oxygen atoms in total. The molecule has 0 aliphatic carbocycles. The Morgan fingerprint density at radius 3 is 2.70 bits per heavy atom. The third-order valence-corrected chi connectivity index (χ3v) is 4.85. The highest BCUT2D eigenvalue weighted by molar-refractivity contribution is 5.75. The summed E-state index contributed by atoms with van der Waals surface area (Å²) in [5, 5.41) is 0. The highest BCUT2D eigenvalue weighted by Gasteiger charge is 2.21. The fraction of sp³-hybridized carbons (Fsp3) is 0.304. The molecule has 0 saturated heterocycles. The van der Waals surface area contributed by atoms with Gasteiger partial charge in [0.1, 0.15) is 11.6 Å². The minimum absolute atomic E-state index is 0.0442. The van der Waals surface area contributed by atoms with Crippen LogP contribution in [0.3, 0.4) is 0 Å². The van der Waals surface area contributed by atoms with Crippen LogP contribution in [0.4, 0.5) is 4.39 Å². The number of nitrogens with zero attached hydrogens (tertiary/aromatic N) is 3. The molecule has 1 aliphatic rings. The molecular formula is C23H26FN3. The quantitative estimate of drug-likeness (QED) is 0.654. The Balaban J connectivity index is 1.85. The van der Waals surface area contributed by atoms with Gasteiger partial charge >= 0.3 is 0 Å². The second kappa shape index (κ2) is 8.30. The molecule has 3 rings (SSSR count). The largest absolute Gasteiger partial charge is 0.341 e. The van der Waals surface area contributed by atoms with Crippen LogP contribution in [0.5, 0.6) is 0 Å². The Morgan fingerprint density at radius 2 is 2.04 bits per heavy atom. The van der Waals surface area contributed by atoms with Crippen LogP contribution in [0.25, 0.3) is 5.57 Å².